The molecule has 0 radical (unpaired) electrons. The number of nitrogens with zero attached hydrogens (tertiary/aromatic N) is 1. The molecule has 3 rings (SSSR count). The molecule has 158 valence electrons. The fourth-order valence-corrected chi connectivity index (χ4v) is 2.88. The van der Waals surface area contributed by atoms with Crippen LogP contribution in [0.5, 0.6) is 17.2 Å². The van der Waals surface area contributed by atoms with Crippen molar-refractivity contribution in [3.63, 3.8) is 0 Å². The van der Waals surface area contributed by atoms with Crippen LogP contribution in [-0.4, -0.2) is 62.6 Å². The quantitative estimate of drug-likeness (QED) is 0.391. The Morgan fingerprint density at radius 2 is 1.63 bits per heavy atom. The maximum Gasteiger partial charge on any atom is 0.343 e. The van der Waals surface area contributed by atoms with Crippen molar-refractivity contribution in [2.75, 3.05) is 40.0 Å². The molecule has 0 spiro atoms. The van der Waals surface area contributed by atoms with Crippen molar-refractivity contribution >= 4 is 17.7 Å². The Kier molecular flexibility index (Phi) is 7.03. The average Bonchev–Trinajstić information content (AvgIpc) is 2.78. The van der Waals surface area contributed by atoms with E-state index >= 15 is 0 Å². The highest BCUT2D eigenvalue weighted by Gasteiger charge is 2.19. The van der Waals surface area contributed by atoms with E-state index in [1.807, 2.05) is 0 Å². The van der Waals surface area contributed by atoms with Crippen molar-refractivity contribution in [1.82, 2.24) is 4.90 Å². The standard InChI is InChI=1S/C22H23NO7/c1-15(24)16-3-6-18(7-4-16)30-22(26)17-5-8-19(20(13-17)27-2)29-14-21(25)23-9-11-28-12-10-23/h3-8,13H,9-12,14H2,1-2H3. The van der Waals surface area contributed by atoms with Gasteiger partial charge < -0.3 is 23.8 Å². The van der Waals surface area contributed by atoms with E-state index in [-0.39, 0.29) is 23.9 Å². The molecule has 0 aliphatic carbocycles. The highest BCUT2D eigenvalue weighted by molar-refractivity contribution is 5.94. The van der Waals surface area contributed by atoms with E-state index in [4.69, 9.17) is 18.9 Å². The number of amides is 1. The van der Waals surface area contributed by atoms with Crippen molar-refractivity contribution in [3.8, 4) is 17.2 Å². The van der Waals surface area contributed by atoms with Crippen LogP contribution in [0.2, 0.25) is 0 Å². The Morgan fingerprint density at radius 3 is 2.27 bits per heavy atom. The molecule has 1 fully saturated rings. The molecule has 0 N–H and O–H groups in total. The molecule has 1 saturated heterocycles. The predicted molar refractivity (Wildman–Crippen MR) is 107 cm³/mol. The third-order valence-electron chi connectivity index (χ3n) is 4.59. The Labute approximate surface area is 174 Å². The minimum absolute atomic E-state index is 0.0692. The summed E-state index contributed by atoms with van der Waals surface area (Å²) in [4.78, 5) is 37.7. The second-order valence-corrected chi connectivity index (χ2v) is 6.62. The van der Waals surface area contributed by atoms with Gasteiger partial charge in [-0.3, -0.25) is 9.59 Å². The van der Waals surface area contributed by atoms with Gasteiger partial charge in [0.05, 0.1) is 25.9 Å². The van der Waals surface area contributed by atoms with Gasteiger partial charge in [0.2, 0.25) is 0 Å². The van der Waals surface area contributed by atoms with E-state index in [1.165, 1.54) is 26.2 Å². The van der Waals surface area contributed by atoms with E-state index in [9.17, 15) is 14.4 Å². The number of methoxy groups -OCH3 is 1. The summed E-state index contributed by atoms with van der Waals surface area (Å²) in [7, 11) is 1.45. The Hall–Kier alpha value is -3.39. The number of ketones is 1. The number of hydrogen-bond acceptors (Lipinski definition) is 7. The van der Waals surface area contributed by atoms with Crippen molar-refractivity contribution in [3.05, 3.63) is 53.6 Å². The van der Waals surface area contributed by atoms with Crippen molar-refractivity contribution in [2.24, 2.45) is 0 Å². The first kappa shape index (κ1) is 21.3. The van der Waals surface area contributed by atoms with Crippen LogP contribution < -0.4 is 14.2 Å². The lowest BCUT2D eigenvalue weighted by atomic mass is 10.1. The van der Waals surface area contributed by atoms with Gasteiger partial charge in [-0.1, -0.05) is 0 Å². The number of hydrogen-bond donors (Lipinski definition) is 0. The number of carbonyl (C=O) groups is 3. The monoisotopic (exact) mass is 413 g/mol. The molecule has 0 atom stereocenters. The molecule has 1 heterocycles. The van der Waals surface area contributed by atoms with Crippen molar-refractivity contribution in [1.29, 1.82) is 0 Å². The first-order chi connectivity index (χ1) is 14.5. The van der Waals surface area contributed by atoms with Crippen molar-refractivity contribution in [2.45, 2.75) is 6.92 Å². The number of ether oxygens (including phenoxy) is 4. The van der Waals surface area contributed by atoms with Gasteiger partial charge in [0, 0.05) is 18.7 Å². The SMILES string of the molecule is COc1cc(C(=O)Oc2ccc(C(C)=O)cc2)ccc1OCC(=O)N1CCOCC1. The van der Waals surface area contributed by atoms with E-state index in [1.54, 1.807) is 35.2 Å². The molecular weight excluding hydrogens is 390 g/mol. The summed E-state index contributed by atoms with van der Waals surface area (Å²) in [6.45, 7) is 3.44. The maximum absolute atomic E-state index is 12.4. The lowest BCUT2D eigenvalue weighted by molar-refractivity contribution is -0.137. The Bertz CT molecular complexity index is 918. The van der Waals surface area contributed by atoms with Crippen LogP contribution in [0.4, 0.5) is 0 Å². The number of rotatable bonds is 7. The summed E-state index contributed by atoms with van der Waals surface area (Å²) in [5.74, 6) is 0.186. The van der Waals surface area contributed by atoms with E-state index in [2.05, 4.69) is 0 Å². The van der Waals surface area contributed by atoms with Crippen LogP contribution in [0.1, 0.15) is 27.6 Å². The van der Waals surface area contributed by atoms with Crippen LogP contribution in [0, 0.1) is 0 Å². The third-order valence-corrected chi connectivity index (χ3v) is 4.59. The molecule has 1 aliphatic rings. The lowest BCUT2D eigenvalue weighted by Crippen LogP contribution is -2.43. The van der Waals surface area contributed by atoms with Gasteiger partial charge in [-0.2, -0.15) is 0 Å². The Balaban J connectivity index is 1.63. The van der Waals surface area contributed by atoms with Crippen LogP contribution >= 0.6 is 0 Å². The van der Waals surface area contributed by atoms with E-state index in [0.717, 1.165) is 0 Å². The zero-order valence-electron chi connectivity index (χ0n) is 16.9. The van der Waals surface area contributed by atoms with Crippen LogP contribution in [0.15, 0.2) is 42.5 Å². The van der Waals surface area contributed by atoms with Crippen LogP contribution in [0.25, 0.3) is 0 Å². The molecule has 8 nitrogen and oxygen atoms in total. The molecule has 1 amide bonds. The van der Waals surface area contributed by atoms with E-state index < -0.39 is 5.97 Å². The van der Waals surface area contributed by atoms with Gasteiger partial charge in [0.1, 0.15) is 5.75 Å². The fourth-order valence-electron chi connectivity index (χ4n) is 2.88. The summed E-state index contributed by atoms with van der Waals surface area (Å²) in [5.41, 5.74) is 0.791. The number of esters is 1. The number of benzene rings is 2. The van der Waals surface area contributed by atoms with Gasteiger partial charge in [0.25, 0.3) is 5.91 Å². The second kappa shape index (κ2) is 9.89. The highest BCUT2D eigenvalue weighted by Crippen LogP contribution is 2.29. The topological polar surface area (TPSA) is 91.4 Å². The summed E-state index contributed by atoms with van der Waals surface area (Å²) >= 11 is 0. The van der Waals surface area contributed by atoms with Gasteiger partial charge >= 0.3 is 5.97 Å². The zero-order valence-corrected chi connectivity index (χ0v) is 16.9. The van der Waals surface area contributed by atoms with Crippen LogP contribution in [-0.2, 0) is 9.53 Å². The largest absolute Gasteiger partial charge is 0.493 e. The number of Topliss-reactive ketones (excluding diaryl/α,β-unsaturated/α-hetero) is 1. The summed E-state index contributed by atoms with van der Waals surface area (Å²) < 4.78 is 21.4. The van der Waals surface area contributed by atoms with Gasteiger partial charge in [-0.25, -0.2) is 4.79 Å². The summed E-state index contributed by atoms with van der Waals surface area (Å²) in [5, 5.41) is 0. The molecule has 30 heavy (non-hydrogen) atoms. The summed E-state index contributed by atoms with van der Waals surface area (Å²) in [6, 6.07) is 10.9. The third kappa shape index (κ3) is 5.36. The maximum atomic E-state index is 12.4. The smallest absolute Gasteiger partial charge is 0.343 e. The summed E-state index contributed by atoms with van der Waals surface area (Å²) in [6.07, 6.45) is 0. The molecule has 0 aromatic heterocycles. The lowest BCUT2D eigenvalue weighted by Gasteiger charge is -2.26. The molecular formula is C22H23NO7. The fraction of sp³-hybridized carbons (Fsp3) is 0.318. The van der Waals surface area contributed by atoms with E-state index in [0.29, 0.717) is 49.1 Å². The average molecular weight is 413 g/mol. The first-order valence-corrected chi connectivity index (χ1v) is 9.47. The molecule has 1 aliphatic heterocycles. The normalized spacial score (nSPS) is 13.5. The van der Waals surface area contributed by atoms with Crippen molar-refractivity contribution < 1.29 is 33.3 Å². The van der Waals surface area contributed by atoms with Gasteiger partial charge in [-0.05, 0) is 49.4 Å². The molecule has 8 heteroatoms. The second-order valence-electron chi connectivity index (χ2n) is 6.62. The first-order valence-electron chi connectivity index (χ1n) is 9.47. The molecule has 0 unspecified atom stereocenters. The minimum Gasteiger partial charge on any atom is -0.493 e. The number of carbonyl (C=O) groups excluding carboxylic acids is 3. The van der Waals surface area contributed by atoms with Gasteiger partial charge in [-0.15, -0.1) is 0 Å². The Morgan fingerprint density at radius 1 is 0.967 bits per heavy atom. The number of morpholine rings is 1. The predicted octanol–water partition coefficient (Wildman–Crippen LogP) is 2.35. The molecule has 0 bridgehead atoms. The molecule has 2 aromatic carbocycles. The zero-order chi connectivity index (χ0) is 21.5. The molecule has 0 saturated carbocycles. The minimum atomic E-state index is -0.584. The highest BCUT2D eigenvalue weighted by atomic mass is 16.5. The van der Waals surface area contributed by atoms with Gasteiger partial charge in [0.15, 0.2) is 23.9 Å². The van der Waals surface area contributed by atoms with Crippen LogP contribution in [0.3, 0.4) is 0 Å². The molecule has 2 aromatic rings.